The fraction of sp³-hybridized carbons (Fsp3) is 0.522. The van der Waals surface area contributed by atoms with Crippen LogP contribution < -0.4 is 5.32 Å². The highest BCUT2D eigenvalue weighted by atomic mass is 16.5. The van der Waals surface area contributed by atoms with Gasteiger partial charge in [0.1, 0.15) is 5.75 Å². The standard InChI is InChI=1S/C23H30N2O3/c1-16(2)22(27)24-14-21-13-23(28-21)7-9-25(10-8-23)15-17-3-4-19-12-20(26)6-5-18(19)11-17/h3-6,11-12,16,21,26H,7-10,13-15H2,1-2H3,(H,24,27). The first kappa shape index (κ1) is 19.2. The lowest BCUT2D eigenvalue weighted by molar-refractivity contribution is -0.223. The Hall–Kier alpha value is -2.11. The summed E-state index contributed by atoms with van der Waals surface area (Å²) in [7, 11) is 0. The molecule has 2 saturated heterocycles. The van der Waals surface area contributed by atoms with Gasteiger partial charge >= 0.3 is 0 Å². The molecule has 2 aromatic rings. The Morgan fingerprint density at radius 2 is 1.89 bits per heavy atom. The number of piperidine rings is 1. The predicted molar refractivity (Wildman–Crippen MR) is 110 cm³/mol. The smallest absolute Gasteiger partial charge is 0.222 e. The third-order valence-corrected chi connectivity index (χ3v) is 6.11. The number of phenolic OH excluding ortho intramolecular Hbond substituents is 1. The summed E-state index contributed by atoms with van der Waals surface area (Å²) in [6.45, 7) is 7.48. The van der Waals surface area contributed by atoms with Crippen molar-refractivity contribution in [3.63, 3.8) is 0 Å². The van der Waals surface area contributed by atoms with E-state index in [1.165, 1.54) is 5.56 Å². The maximum atomic E-state index is 11.7. The summed E-state index contributed by atoms with van der Waals surface area (Å²) in [5.74, 6) is 0.437. The van der Waals surface area contributed by atoms with E-state index in [2.05, 4.69) is 28.4 Å². The number of carbonyl (C=O) groups excluding carboxylic acids is 1. The molecule has 1 spiro atoms. The minimum atomic E-state index is 0.0260. The second kappa shape index (κ2) is 7.72. The van der Waals surface area contributed by atoms with Gasteiger partial charge in [-0.15, -0.1) is 0 Å². The first-order valence-corrected chi connectivity index (χ1v) is 10.3. The number of nitrogens with zero attached hydrogens (tertiary/aromatic N) is 1. The summed E-state index contributed by atoms with van der Waals surface area (Å²) in [5.41, 5.74) is 1.34. The van der Waals surface area contributed by atoms with Crippen molar-refractivity contribution in [2.24, 2.45) is 5.92 Å². The summed E-state index contributed by atoms with van der Waals surface area (Å²) in [4.78, 5) is 14.2. The van der Waals surface area contributed by atoms with Gasteiger partial charge in [0.05, 0.1) is 11.7 Å². The number of hydrogen-bond acceptors (Lipinski definition) is 4. The van der Waals surface area contributed by atoms with Crippen LogP contribution in [0.3, 0.4) is 0 Å². The van der Waals surface area contributed by atoms with Gasteiger partial charge in [-0.1, -0.05) is 32.0 Å². The Balaban J connectivity index is 1.25. The van der Waals surface area contributed by atoms with Crippen LogP contribution in [0.2, 0.25) is 0 Å². The number of carbonyl (C=O) groups is 1. The van der Waals surface area contributed by atoms with Crippen molar-refractivity contribution in [1.29, 1.82) is 0 Å². The second-order valence-corrected chi connectivity index (χ2v) is 8.67. The molecule has 5 heteroatoms. The van der Waals surface area contributed by atoms with Gasteiger partial charge in [0.15, 0.2) is 0 Å². The van der Waals surface area contributed by atoms with Crippen LogP contribution in [-0.2, 0) is 16.1 Å². The molecule has 2 aromatic carbocycles. The zero-order chi connectivity index (χ0) is 19.7. The molecule has 0 radical (unpaired) electrons. The first-order valence-electron chi connectivity index (χ1n) is 10.3. The number of fused-ring (bicyclic) bond motifs is 1. The Labute approximate surface area is 166 Å². The maximum Gasteiger partial charge on any atom is 0.222 e. The van der Waals surface area contributed by atoms with Crippen LogP contribution in [0.1, 0.15) is 38.7 Å². The lowest BCUT2D eigenvalue weighted by Crippen LogP contribution is -2.59. The van der Waals surface area contributed by atoms with Crippen LogP contribution >= 0.6 is 0 Å². The van der Waals surface area contributed by atoms with Crippen LogP contribution in [0.4, 0.5) is 0 Å². The minimum Gasteiger partial charge on any atom is -0.508 e. The average Bonchev–Trinajstić information content (AvgIpc) is 2.65. The summed E-state index contributed by atoms with van der Waals surface area (Å²) < 4.78 is 6.20. The molecule has 0 bridgehead atoms. The molecule has 150 valence electrons. The molecule has 2 aliphatic heterocycles. The molecule has 28 heavy (non-hydrogen) atoms. The molecule has 1 amide bonds. The van der Waals surface area contributed by atoms with Gasteiger partial charge in [-0.2, -0.15) is 0 Å². The third-order valence-electron chi connectivity index (χ3n) is 6.11. The minimum absolute atomic E-state index is 0.0260. The number of rotatable bonds is 5. The summed E-state index contributed by atoms with van der Waals surface area (Å²) in [6, 6.07) is 12.0. The quantitative estimate of drug-likeness (QED) is 0.832. The predicted octanol–water partition coefficient (Wildman–Crippen LogP) is 3.44. The number of hydrogen-bond donors (Lipinski definition) is 2. The number of phenols is 1. The Bertz CT molecular complexity index is 848. The van der Waals surface area contributed by atoms with Crippen molar-refractivity contribution in [3.05, 3.63) is 42.0 Å². The van der Waals surface area contributed by atoms with Crippen molar-refractivity contribution < 1.29 is 14.6 Å². The SMILES string of the molecule is CC(C)C(=O)NCC1CC2(CCN(Cc3ccc4cc(O)ccc4c3)CC2)O1. The van der Waals surface area contributed by atoms with Crippen LogP contribution in [0.5, 0.6) is 5.75 Å². The number of amides is 1. The van der Waals surface area contributed by atoms with Gasteiger partial charge in [-0.25, -0.2) is 0 Å². The fourth-order valence-electron chi connectivity index (χ4n) is 4.37. The van der Waals surface area contributed by atoms with Crippen molar-refractivity contribution >= 4 is 16.7 Å². The molecule has 2 aliphatic rings. The van der Waals surface area contributed by atoms with Gasteiger partial charge in [0.2, 0.25) is 5.91 Å². The molecule has 2 heterocycles. The van der Waals surface area contributed by atoms with E-state index in [-0.39, 0.29) is 23.5 Å². The molecule has 4 rings (SSSR count). The van der Waals surface area contributed by atoms with E-state index in [0.717, 1.165) is 49.7 Å². The number of ether oxygens (including phenoxy) is 1. The van der Waals surface area contributed by atoms with E-state index in [1.807, 2.05) is 19.9 Å². The second-order valence-electron chi connectivity index (χ2n) is 8.67. The lowest BCUT2D eigenvalue weighted by atomic mass is 9.80. The van der Waals surface area contributed by atoms with Crippen LogP contribution in [0.25, 0.3) is 10.8 Å². The van der Waals surface area contributed by atoms with Crippen molar-refractivity contribution in [1.82, 2.24) is 10.2 Å². The van der Waals surface area contributed by atoms with Crippen molar-refractivity contribution in [3.8, 4) is 5.75 Å². The molecular weight excluding hydrogens is 352 g/mol. The monoisotopic (exact) mass is 382 g/mol. The van der Waals surface area contributed by atoms with Gasteiger partial charge in [-0.3, -0.25) is 9.69 Å². The van der Waals surface area contributed by atoms with Gasteiger partial charge in [0, 0.05) is 38.5 Å². The number of nitrogens with one attached hydrogen (secondary N) is 1. The lowest BCUT2D eigenvalue weighted by Gasteiger charge is -2.52. The van der Waals surface area contributed by atoms with Crippen molar-refractivity contribution in [2.75, 3.05) is 19.6 Å². The van der Waals surface area contributed by atoms with Crippen LogP contribution in [-0.4, -0.2) is 47.3 Å². The number of aromatic hydroxyl groups is 1. The zero-order valence-electron chi connectivity index (χ0n) is 16.8. The Kier molecular flexibility index (Phi) is 5.30. The topological polar surface area (TPSA) is 61.8 Å². The summed E-state index contributed by atoms with van der Waals surface area (Å²) >= 11 is 0. The Morgan fingerprint density at radius 1 is 1.21 bits per heavy atom. The normalized spacial score (nSPS) is 21.8. The van der Waals surface area contributed by atoms with E-state index < -0.39 is 0 Å². The third kappa shape index (κ3) is 4.15. The summed E-state index contributed by atoms with van der Waals surface area (Å²) in [5, 5.41) is 14.8. The van der Waals surface area contributed by atoms with E-state index in [1.54, 1.807) is 12.1 Å². The highest BCUT2D eigenvalue weighted by molar-refractivity contribution is 5.84. The van der Waals surface area contributed by atoms with Crippen LogP contribution in [0, 0.1) is 5.92 Å². The molecule has 0 aromatic heterocycles. The molecule has 2 fully saturated rings. The number of likely N-dealkylation sites (tertiary alicyclic amines) is 1. The van der Waals surface area contributed by atoms with E-state index in [4.69, 9.17) is 4.74 Å². The molecule has 1 unspecified atom stereocenters. The van der Waals surface area contributed by atoms with E-state index >= 15 is 0 Å². The fourth-order valence-corrected chi connectivity index (χ4v) is 4.37. The van der Waals surface area contributed by atoms with Crippen molar-refractivity contribution in [2.45, 2.75) is 51.4 Å². The maximum absolute atomic E-state index is 11.7. The van der Waals surface area contributed by atoms with Gasteiger partial charge < -0.3 is 15.2 Å². The first-order chi connectivity index (χ1) is 13.4. The average molecular weight is 383 g/mol. The zero-order valence-corrected chi connectivity index (χ0v) is 16.8. The van der Waals surface area contributed by atoms with Gasteiger partial charge in [0.25, 0.3) is 0 Å². The summed E-state index contributed by atoms with van der Waals surface area (Å²) in [6.07, 6.45) is 3.34. The Morgan fingerprint density at radius 3 is 2.61 bits per heavy atom. The highest BCUT2D eigenvalue weighted by Gasteiger charge is 2.47. The van der Waals surface area contributed by atoms with E-state index in [9.17, 15) is 9.90 Å². The molecule has 0 saturated carbocycles. The van der Waals surface area contributed by atoms with Crippen LogP contribution in [0.15, 0.2) is 36.4 Å². The largest absolute Gasteiger partial charge is 0.508 e. The molecule has 0 aliphatic carbocycles. The number of benzene rings is 2. The molecule has 1 atom stereocenters. The van der Waals surface area contributed by atoms with Gasteiger partial charge in [-0.05, 0) is 47.4 Å². The molecule has 5 nitrogen and oxygen atoms in total. The molecule has 2 N–H and O–H groups in total. The highest BCUT2D eigenvalue weighted by Crippen LogP contribution is 2.41. The molecular formula is C23H30N2O3. The van der Waals surface area contributed by atoms with E-state index in [0.29, 0.717) is 12.3 Å².